The smallest absolute Gasteiger partial charge is 0.226 e. The molecule has 7 heteroatoms. The van der Waals surface area contributed by atoms with E-state index >= 15 is 0 Å². The van der Waals surface area contributed by atoms with Crippen LogP contribution in [0.15, 0.2) is 0 Å². The number of nitro groups is 1. The minimum absolute atomic E-state index is 0.0670. The lowest BCUT2D eigenvalue weighted by molar-refractivity contribution is -0.555. The van der Waals surface area contributed by atoms with Crippen molar-refractivity contribution in [2.75, 3.05) is 0 Å². The number of nitrogens with zero attached hydrogens (tertiary/aromatic N) is 5. The molecule has 0 unspecified atom stereocenters. The molecule has 0 aromatic carbocycles. The van der Waals surface area contributed by atoms with Gasteiger partial charge in [0.2, 0.25) is 11.0 Å². The largest absolute Gasteiger partial charge is 0.339 e. The van der Waals surface area contributed by atoms with Crippen molar-refractivity contribution in [1.29, 1.82) is 0 Å². The van der Waals surface area contributed by atoms with Crippen molar-refractivity contribution in [3.05, 3.63) is 15.9 Å². The first-order valence-corrected chi connectivity index (χ1v) is 3.82. The Morgan fingerprint density at radius 3 is 2.62 bits per heavy atom. The van der Waals surface area contributed by atoms with Crippen molar-refractivity contribution in [1.82, 2.24) is 20.3 Å². The van der Waals surface area contributed by atoms with E-state index in [9.17, 15) is 10.1 Å². The normalized spacial score (nSPS) is 11.6. The first-order valence-electron chi connectivity index (χ1n) is 3.82. The summed E-state index contributed by atoms with van der Waals surface area (Å²) in [4.78, 5) is 11.0. The van der Waals surface area contributed by atoms with Crippen LogP contribution in [0.5, 0.6) is 0 Å². The summed E-state index contributed by atoms with van der Waals surface area (Å²) < 4.78 is 0. The molecule has 0 spiro atoms. The second kappa shape index (κ2) is 3.08. The number of aromatic nitrogens is 4. The Bertz CT molecular complexity index is 313. The van der Waals surface area contributed by atoms with Crippen LogP contribution < -0.4 is 0 Å². The van der Waals surface area contributed by atoms with Gasteiger partial charge in [-0.15, -0.1) is 0 Å². The molecule has 0 bridgehead atoms. The lowest BCUT2D eigenvalue weighted by atomic mass is 9.92. The molecule has 72 valence electrons. The van der Waals surface area contributed by atoms with E-state index in [2.05, 4.69) is 15.5 Å². The Labute approximate surface area is 74.9 Å². The second-order valence-corrected chi connectivity index (χ2v) is 3.96. The Balaban J connectivity index is 2.89. The number of hydrogen-bond acceptors (Lipinski definition) is 5. The van der Waals surface area contributed by atoms with Crippen molar-refractivity contribution in [2.24, 2.45) is 5.41 Å². The molecule has 0 radical (unpaired) electrons. The molecule has 13 heavy (non-hydrogen) atoms. The number of rotatable bonds is 2. The lowest BCUT2D eigenvalue weighted by Crippen LogP contribution is -2.19. The van der Waals surface area contributed by atoms with Gasteiger partial charge in [-0.05, 0) is 5.41 Å². The Hall–Kier alpha value is -1.53. The van der Waals surface area contributed by atoms with Gasteiger partial charge in [0.25, 0.3) is 0 Å². The Morgan fingerprint density at radius 1 is 1.54 bits per heavy atom. The zero-order valence-corrected chi connectivity index (χ0v) is 7.76. The molecule has 0 aliphatic heterocycles. The van der Waals surface area contributed by atoms with E-state index in [1.54, 1.807) is 0 Å². The highest BCUT2D eigenvalue weighted by Gasteiger charge is 2.21. The van der Waals surface area contributed by atoms with Gasteiger partial charge in [-0.1, -0.05) is 25.9 Å². The molecule has 1 aromatic heterocycles. The zero-order valence-electron chi connectivity index (χ0n) is 7.76. The third-order valence-corrected chi connectivity index (χ3v) is 1.36. The standard InChI is InChI=1S/C6H11N5O2/c1-6(2,3)4-5-7-8-9-10(5)11(12)13/h4H2,1-3H3. The van der Waals surface area contributed by atoms with Gasteiger partial charge in [-0.2, -0.15) is 0 Å². The fourth-order valence-electron chi connectivity index (χ4n) is 0.908. The molecule has 0 amide bonds. The van der Waals surface area contributed by atoms with Crippen molar-refractivity contribution >= 4 is 0 Å². The molecule has 7 nitrogen and oxygen atoms in total. The summed E-state index contributed by atoms with van der Waals surface area (Å²) in [6, 6.07) is 0. The Morgan fingerprint density at radius 2 is 2.15 bits per heavy atom. The minimum atomic E-state index is -0.638. The van der Waals surface area contributed by atoms with E-state index in [-0.39, 0.29) is 11.2 Å². The maximum absolute atomic E-state index is 10.4. The first-order chi connectivity index (χ1) is 5.90. The van der Waals surface area contributed by atoms with Crippen molar-refractivity contribution in [3.63, 3.8) is 0 Å². The van der Waals surface area contributed by atoms with Gasteiger partial charge in [-0.3, -0.25) is 0 Å². The third kappa shape index (κ3) is 2.46. The van der Waals surface area contributed by atoms with Gasteiger partial charge >= 0.3 is 0 Å². The highest BCUT2D eigenvalue weighted by Crippen LogP contribution is 2.18. The van der Waals surface area contributed by atoms with Crippen LogP contribution in [0.4, 0.5) is 0 Å². The van der Waals surface area contributed by atoms with Gasteiger partial charge in [0, 0.05) is 6.42 Å². The molecule has 0 atom stereocenters. The van der Waals surface area contributed by atoms with Crippen LogP contribution in [0.1, 0.15) is 26.6 Å². The summed E-state index contributed by atoms with van der Waals surface area (Å²) in [7, 11) is 0. The summed E-state index contributed by atoms with van der Waals surface area (Å²) >= 11 is 0. The molecule has 0 saturated carbocycles. The summed E-state index contributed by atoms with van der Waals surface area (Å²) in [5.74, 6) is 0.275. The second-order valence-electron chi connectivity index (χ2n) is 3.96. The Kier molecular flexibility index (Phi) is 2.26. The van der Waals surface area contributed by atoms with Crippen LogP contribution in [0.25, 0.3) is 0 Å². The molecule has 1 aromatic rings. The average Bonchev–Trinajstić information content (AvgIpc) is 2.31. The molecular formula is C6H11N5O2. The molecule has 0 aliphatic rings. The summed E-state index contributed by atoms with van der Waals surface area (Å²) in [6.07, 6.45) is 0.473. The molecule has 0 saturated heterocycles. The monoisotopic (exact) mass is 185 g/mol. The molecule has 0 N–H and O–H groups in total. The fraction of sp³-hybridized carbons (Fsp3) is 0.833. The van der Waals surface area contributed by atoms with E-state index < -0.39 is 5.03 Å². The minimum Gasteiger partial charge on any atom is -0.339 e. The zero-order chi connectivity index (χ0) is 10.1. The van der Waals surface area contributed by atoms with Crippen LogP contribution in [0, 0.1) is 15.5 Å². The lowest BCUT2D eigenvalue weighted by Gasteiger charge is -2.14. The van der Waals surface area contributed by atoms with Crippen LogP contribution in [-0.2, 0) is 6.42 Å². The SMILES string of the molecule is CC(C)(C)Cc1nnnn1[N+](=O)[O-]. The summed E-state index contributed by atoms with van der Waals surface area (Å²) in [5, 5.41) is 19.8. The third-order valence-electron chi connectivity index (χ3n) is 1.36. The number of hydrogen-bond donors (Lipinski definition) is 0. The van der Waals surface area contributed by atoms with Crippen LogP contribution in [0.2, 0.25) is 0 Å². The topological polar surface area (TPSA) is 86.7 Å². The quantitative estimate of drug-likeness (QED) is 0.488. The molecular weight excluding hydrogens is 174 g/mol. The first kappa shape index (κ1) is 9.56. The molecule has 1 rings (SSSR count). The van der Waals surface area contributed by atoms with Crippen LogP contribution in [-0.4, -0.2) is 25.3 Å². The van der Waals surface area contributed by atoms with Crippen molar-refractivity contribution in [3.8, 4) is 0 Å². The maximum atomic E-state index is 10.4. The van der Waals surface area contributed by atoms with Gasteiger partial charge < -0.3 is 10.1 Å². The van der Waals surface area contributed by atoms with E-state index in [0.717, 1.165) is 0 Å². The average molecular weight is 185 g/mol. The van der Waals surface area contributed by atoms with E-state index in [1.807, 2.05) is 20.8 Å². The maximum Gasteiger partial charge on any atom is 0.226 e. The van der Waals surface area contributed by atoms with E-state index in [1.165, 1.54) is 0 Å². The summed E-state index contributed by atoms with van der Waals surface area (Å²) in [6.45, 7) is 5.89. The van der Waals surface area contributed by atoms with Gasteiger partial charge in [0.15, 0.2) is 0 Å². The van der Waals surface area contributed by atoms with Crippen LogP contribution in [0.3, 0.4) is 0 Å². The highest BCUT2D eigenvalue weighted by atomic mass is 16.7. The van der Waals surface area contributed by atoms with Gasteiger partial charge in [0.05, 0.1) is 9.82 Å². The van der Waals surface area contributed by atoms with Gasteiger partial charge in [0.1, 0.15) is 5.21 Å². The summed E-state index contributed by atoms with van der Waals surface area (Å²) in [5.41, 5.74) is -0.0670. The van der Waals surface area contributed by atoms with E-state index in [4.69, 9.17) is 0 Å². The molecule has 0 fully saturated rings. The van der Waals surface area contributed by atoms with Crippen molar-refractivity contribution < 1.29 is 5.03 Å². The molecule has 1 heterocycles. The van der Waals surface area contributed by atoms with Crippen molar-refractivity contribution in [2.45, 2.75) is 27.2 Å². The fourth-order valence-corrected chi connectivity index (χ4v) is 0.908. The highest BCUT2D eigenvalue weighted by molar-refractivity contribution is 4.84. The molecule has 0 aliphatic carbocycles. The predicted molar refractivity (Wildman–Crippen MR) is 43.4 cm³/mol. The number of tetrazole rings is 1. The predicted octanol–water partition coefficient (Wildman–Crippen LogP) is 0.302. The van der Waals surface area contributed by atoms with E-state index in [0.29, 0.717) is 11.2 Å². The van der Waals surface area contributed by atoms with Gasteiger partial charge in [-0.25, -0.2) is 0 Å². The van der Waals surface area contributed by atoms with Crippen LogP contribution >= 0.6 is 0 Å².